The first-order valence-corrected chi connectivity index (χ1v) is 6.95. The third kappa shape index (κ3) is 7.92. The van der Waals surface area contributed by atoms with Crippen LogP contribution in [0, 0.1) is 0 Å². The van der Waals surface area contributed by atoms with Crippen LogP contribution in [-0.2, 0) is 4.74 Å². The van der Waals surface area contributed by atoms with E-state index >= 15 is 0 Å². The molecule has 0 saturated carbocycles. The van der Waals surface area contributed by atoms with Gasteiger partial charge in [0.25, 0.3) is 0 Å². The molecule has 0 aliphatic heterocycles. The standard InChI is InChI=1S/C15H30O/c1-5-7-8-9-10-11-13-15(16-4)14(3)12-6-2/h12,15H,5-11,13H2,1-4H3/b14-12+. The van der Waals surface area contributed by atoms with Crippen molar-refractivity contribution < 1.29 is 4.74 Å². The SMILES string of the molecule is CC/C=C(\C)C(CCCCCCCC)OC. The summed E-state index contributed by atoms with van der Waals surface area (Å²) in [6, 6.07) is 0. The first-order valence-electron chi connectivity index (χ1n) is 6.95. The highest BCUT2D eigenvalue weighted by atomic mass is 16.5. The predicted molar refractivity (Wildman–Crippen MR) is 72.8 cm³/mol. The highest BCUT2D eigenvalue weighted by Crippen LogP contribution is 2.15. The van der Waals surface area contributed by atoms with Crippen molar-refractivity contribution >= 4 is 0 Å². The minimum absolute atomic E-state index is 0.353. The van der Waals surface area contributed by atoms with Crippen molar-refractivity contribution in [3.8, 4) is 0 Å². The first kappa shape index (κ1) is 15.7. The third-order valence-electron chi connectivity index (χ3n) is 3.14. The molecule has 0 rings (SSSR count). The van der Waals surface area contributed by atoms with Gasteiger partial charge >= 0.3 is 0 Å². The Kier molecular flexibility index (Phi) is 11.0. The predicted octanol–water partition coefficient (Wildman–Crippen LogP) is 5.11. The third-order valence-corrected chi connectivity index (χ3v) is 3.14. The smallest absolute Gasteiger partial charge is 0.0778 e. The Labute approximate surface area is 102 Å². The molecule has 1 atom stereocenters. The van der Waals surface area contributed by atoms with E-state index in [1.54, 1.807) is 0 Å². The molecule has 0 aromatic carbocycles. The summed E-state index contributed by atoms with van der Waals surface area (Å²) in [5.41, 5.74) is 1.40. The summed E-state index contributed by atoms with van der Waals surface area (Å²) in [7, 11) is 1.83. The van der Waals surface area contributed by atoms with Gasteiger partial charge in [-0.3, -0.25) is 0 Å². The molecule has 0 amide bonds. The minimum atomic E-state index is 0.353. The molecule has 0 spiro atoms. The molecule has 0 N–H and O–H groups in total. The van der Waals surface area contributed by atoms with E-state index in [9.17, 15) is 0 Å². The van der Waals surface area contributed by atoms with Gasteiger partial charge in [-0.15, -0.1) is 0 Å². The lowest BCUT2D eigenvalue weighted by Gasteiger charge is -2.16. The van der Waals surface area contributed by atoms with E-state index in [0.717, 1.165) is 6.42 Å². The number of allylic oxidation sites excluding steroid dienone is 1. The van der Waals surface area contributed by atoms with Gasteiger partial charge in [-0.2, -0.15) is 0 Å². The highest BCUT2D eigenvalue weighted by Gasteiger charge is 2.08. The van der Waals surface area contributed by atoms with Crippen LogP contribution in [-0.4, -0.2) is 13.2 Å². The van der Waals surface area contributed by atoms with Crippen molar-refractivity contribution in [3.63, 3.8) is 0 Å². The van der Waals surface area contributed by atoms with Crippen LogP contribution >= 0.6 is 0 Å². The molecule has 96 valence electrons. The van der Waals surface area contributed by atoms with Crippen LogP contribution in [0.2, 0.25) is 0 Å². The van der Waals surface area contributed by atoms with E-state index in [1.165, 1.54) is 50.5 Å². The fourth-order valence-corrected chi connectivity index (χ4v) is 2.09. The van der Waals surface area contributed by atoms with Crippen molar-refractivity contribution in [3.05, 3.63) is 11.6 Å². The van der Waals surface area contributed by atoms with Crippen LogP contribution in [0.4, 0.5) is 0 Å². The topological polar surface area (TPSA) is 9.23 Å². The average Bonchev–Trinajstić information content (AvgIpc) is 2.28. The van der Waals surface area contributed by atoms with E-state index in [-0.39, 0.29) is 0 Å². The molecule has 0 aromatic heterocycles. The van der Waals surface area contributed by atoms with Gasteiger partial charge in [0.2, 0.25) is 0 Å². The van der Waals surface area contributed by atoms with Gasteiger partial charge in [-0.05, 0) is 25.3 Å². The monoisotopic (exact) mass is 226 g/mol. The molecule has 0 heterocycles. The minimum Gasteiger partial charge on any atom is -0.377 e. The zero-order valence-electron chi connectivity index (χ0n) is 11.7. The molecule has 0 aromatic rings. The molecule has 0 fully saturated rings. The quantitative estimate of drug-likeness (QED) is 0.371. The molecular weight excluding hydrogens is 196 g/mol. The van der Waals surface area contributed by atoms with E-state index in [0.29, 0.717) is 6.10 Å². The Morgan fingerprint density at radius 2 is 1.69 bits per heavy atom. The Morgan fingerprint density at radius 3 is 2.25 bits per heavy atom. The van der Waals surface area contributed by atoms with E-state index in [2.05, 4.69) is 26.8 Å². The lowest BCUT2D eigenvalue weighted by atomic mass is 10.0. The summed E-state index contributed by atoms with van der Waals surface area (Å²) in [5, 5.41) is 0. The lowest BCUT2D eigenvalue weighted by molar-refractivity contribution is 0.121. The molecule has 0 aliphatic carbocycles. The number of unbranched alkanes of at least 4 members (excludes halogenated alkanes) is 5. The summed E-state index contributed by atoms with van der Waals surface area (Å²) in [5.74, 6) is 0. The van der Waals surface area contributed by atoms with Gasteiger partial charge in [0.15, 0.2) is 0 Å². The summed E-state index contributed by atoms with van der Waals surface area (Å²) in [4.78, 5) is 0. The van der Waals surface area contributed by atoms with Crippen LogP contribution in [0.5, 0.6) is 0 Å². The van der Waals surface area contributed by atoms with E-state index in [1.807, 2.05) is 7.11 Å². The lowest BCUT2D eigenvalue weighted by Crippen LogP contribution is -2.11. The van der Waals surface area contributed by atoms with Crippen molar-refractivity contribution in [2.45, 2.75) is 78.2 Å². The van der Waals surface area contributed by atoms with Crippen LogP contribution < -0.4 is 0 Å². The maximum Gasteiger partial charge on any atom is 0.0778 e. The summed E-state index contributed by atoms with van der Waals surface area (Å²) in [6.45, 7) is 6.63. The largest absolute Gasteiger partial charge is 0.377 e. The van der Waals surface area contributed by atoms with Gasteiger partial charge in [0.1, 0.15) is 0 Å². The Balaban J connectivity index is 3.59. The van der Waals surface area contributed by atoms with Crippen LogP contribution in [0.3, 0.4) is 0 Å². The molecule has 0 aliphatic rings. The van der Waals surface area contributed by atoms with Crippen molar-refractivity contribution in [2.24, 2.45) is 0 Å². The number of hydrogen-bond acceptors (Lipinski definition) is 1. The van der Waals surface area contributed by atoms with Crippen LogP contribution in [0.15, 0.2) is 11.6 Å². The molecule has 0 bridgehead atoms. The number of ether oxygens (including phenoxy) is 1. The molecule has 0 saturated heterocycles. The fourth-order valence-electron chi connectivity index (χ4n) is 2.09. The first-order chi connectivity index (χ1) is 7.76. The molecule has 1 nitrogen and oxygen atoms in total. The van der Waals surface area contributed by atoms with Gasteiger partial charge < -0.3 is 4.74 Å². The summed E-state index contributed by atoms with van der Waals surface area (Å²) < 4.78 is 5.52. The van der Waals surface area contributed by atoms with Gasteiger partial charge in [0, 0.05) is 7.11 Å². The van der Waals surface area contributed by atoms with Crippen molar-refractivity contribution in [1.29, 1.82) is 0 Å². The second-order valence-corrected chi connectivity index (χ2v) is 4.64. The fraction of sp³-hybridized carbons (Fsp3) is 0.867. The normalized spacial score (nSPS) is 14.1. The molecular formula is C15H30O. The molecule has 16 heavy (non-hydrogen) atoms. The van der Waals surface area contributed by atoms with Crippen LogP contribution in [0.25, 0.3) is 0 Å². The number of methoxy groups -OCH3 is 1. The maximum atomic E-state index is 5.52. The molecule has 1 heteroatoms. The summed E-state index contributed by atoms with van der Waals surface area (Å²) in [6.07, 6.45) is 13.1. The van der Waals surface area contributed by atoms with E-state index < -0.39 is 0 Å². The molecule has 0 radical (unpaired) electrons. The average molecular weight is 226 g/mol. The summed E-state index contributed by atoms with van der Waals surface area (Å²) >= 11 is 0. The van der Waals surface area contributed by atoms with Gasteiger partial charge in [0.05, 0.1) is 6.10 Å². The second kappa shape index (κ2) is 11.2. The Hall–Kier alpha value is -0.300. The Morgan fingerprint density at radius 1 is 1.06 bits per heavy atom. The zero-order valence-corrected chi connectivity index (χ0v) is 11.7. The Bertz CT molecular complexity index is 172. The van der Waals surface area contributed by atoms with Crippen molar-refractivity contribution in [2.75, 3.05) is 7.11 Å². The van der Waals surface area contributed by atoms with Gasteiger partial charge in [-0.1, -0.05) is 58.4 Å². The number of hydrogen-bond donors (Lipinski definition) is 0. The number of rotatable bonds is 10. The van der Waals surface area contributed by atoms with Gasteiger partial charge in [-0.25, -0.2) is 0 Å². The second-order valence-electron chi connectivity index (χ2n) is 4.64. The van der Waals surface area contributed by atoms with Crippen molar-refractivity contribution in [1.82, 2.24) is 0 Å². The van der Waals surface area contributed by atoms with E-state index in [4.69, 9.17) is 4.74 Å². The highest BCUT2D eigenvalue weighted by molar-refractivity contribution is 5.04. The van der Waals surface area contributed by atoms with Crippen LogP contribution in [0.1, 0.15) is 72.1 Å². The molecule has 1 unspecified atom stereocenters. The maximum absolute atomic E-state index is 5.52. The zero-order chi connectivity index (χ0) is 12.2.